The summed E-state index contributed by atoms with van der Waals surface area (Å²) in [6.45, 7) is 6.65. The number of benzene rings is 1. The van der Waals surface area contributed by atoms with E-state index in [4.69, 9.17) is 9.47 Å². The maximum Gasteiger partial charge on any atom is 0.214 e. The molecule has 1 aromatic carbocycles. The van der Waals surface area contributed by atoms with Crippen molar-refractivity contribution in [2.75, 3.05) is 13.2 Å². The summed E-state index contributed by atoms with van der Waals surface area (Å²) in [5.74, 6) is -0.873. The second-order valence-electron chi connectivity index (χ2n) is 5.27. The second kappa shape index (κ2) is 4.18. The number of hydrogen-bond acceptors (Lipinski definition) is 2. The number of hydrogen-bond donors (Lipinski definition) is 0. The van der Waals surface area contributed by atoms with Crippen LogP contribution in [0, 0.1) is 5.82 Å². The average molecular weight is 239 g/mol. The molecular formula is C13H16FO3. The van der Waals surface area contributed by atoms with Gasteiger partial charge in [0.1, 0.15) is 18.5 Å². The summed E-state index contributed by atoms with van der Waals surface area (Å²) in [4.78, 5) is 0. The van der Waals surface area contributed by atoms with Gasteiger partial charge in [0, 0.05) is 5.56 Å². The lowest BCUT2D eigenvalue weighted by molar-refractivity contribution is 0.253. The van der Waals surface area contributed by atoms with E-state index in [1.54, 1.807) is 0 Å². The Kier molecular flexibility index (Phi) is 3.00. The van der Waals surface area contributed by atoms with Crippen LogP contribution in [-0.2, 0) is 15.3 Å². The Labute approximate surface area is 100 Å². The van der Waals surface area contributed by atoms with Crippen LogP contribution in [0.2, 0.25) is 0 Å². The molecule has 1 saturated heterocycles. The lowest BCUT2D eigenvalue weighted by Gasteiger charge is -2.23. The summed E-state index contributed by atoms with van der Waals surface area (Å²) < 4.78 is 24.4. The van der Waals surface area contributed by atoms with Crippen molar-refractivity contribution in [1.29, 1.82) is 0 Å². The van der Waals surface area contributed by atoms with E-state index in [0.717, 1.165) is 0 Å². The zero-order chi connectivity index (χ0) is 12.6. The predicted octanol–water partition coefficient (Wildman–Crippen LogP) is 3.04. The minimum absolute atomic E-state index is 0.109. The fraction of sp³-hybridized carbons (Fsp3) is 0.538. The normalized spacial score (nSPS) is 19.2. The largest absolute Gasteiger partial charge is 0.490 e. The predicted molar refractivity (Wildman–Crippen MR) is 60.5 cm³/mol. The first kappa shape index (κ1) is 12.2. The third-order valence-corrected chi connectivity index (χ3v) is 2.65. The van der Waals surface area contributed by atoms with Crippen molar-refractivity contribution in [3.05, 3.63) is 23.5 Å². The smallest absolute Gasteiger partial charge is 0.214 e. The van der Waals surface area contributed by atoms with Gasteiger partial charge in [-0.05, 0) is 17.5 Å². The number of ether oxygens (including phenoxy) is 2. The molecule has 0 N–H and O–H groups in total. The monoisotopic (exact) mass is 239 g/mol. The lowest BCUT2D eigenvalue weighted by Crippen LogP contribution is -2.17. The highest BCUT2D eigenvalue weighted by Crippen LogP contribution is 2.37. The van der Waals surface area contributed by atoms with E-state index in [-0.39, 0.29) is 6.10 Å². The molecule has 0 saturated carbocycles. The van der Waals surface area contributed by atoms with E-state index < -0.39 is 17.0 Å². The van der Waals surface area contributed by atoms with Crippen LogP contribution in [0.1, 0.15) is 26.3 Å². The molecule has 1 radical (unpaired) electrons. The Hall–Kier alpha value is -1.29. The first-order chi connectivity index (χ1) is 7.89. The first-order valence-electron chi connectivity index (χ1n) is 5.64. The van der Waals surface area contributed by atoms with E-state index >= 15 is 0 Å². The van der Waals surface area contributed by atoms with Crippen molar-refractivity contribution >= 4 is 0 Å². The SMILES string of the molecule is CC(C)(C)c1c(OC[C@@H]2CO2)ccc([O])c1F. The van der Waals surface area contributed by atoms with E-state index in [2.05, 4.69) is 0 Å². The zero-order valence-electron chi connectivity index (χ0n) is 10.2. The quantitative estimate of drug-likeness (QED) is 0.761. The molecule has 1 aromatic rings. The molecule has 0 aromatic heterocycles. The van der Waals surface area contributed by atoms with Gasteiger partial charge in [0.15, 0.2) is 5.82 Å². The Bertz CT molecular complexity index is 419. The Morgan fingerprint density at radius 2 is 2.12 bits per heavy atom. The summed E-state index contributed by atoms with van der Waals surface area (Å²) in [5, 5.41) is 11.3. The molecule has 0 amide bonds. The fourth-order valence-corrected chi connectivity index (χ4v) is 1.71. The molecule has 0 aliphatic carbocycles. The summed E-state index contributed by atoms with van der Waals surface area (Å²) in [6.07, 6.45) is 0.109. The maximum absolute atomic E-state index is 13.9. The minimum atomic E-state index is -0.716. The summed E-state index contributed by atoms with van der Waals surface area (Å²) >= 11 is 0. The average Bonchev–Trinajstić information content (AvgIpc) is 3.01. The molecule has 0 bridgehead atoms. The van der Waals surface area contributed by atoms with Gasteiger partial charge in [-0.3, -0.25) is 5.11 Å². The van der Waals surface area contributed by atoms with Gasteiger partial charge >= 0.3 is 0 Å². The van der Waals surface area contributed by atoms with Crippen LogP contribution in [0.4, 0.5) is 4.39 Å². The van der Waals surface area contributed by atoms with Crippen LogP contribution in [0.25, 0.3) is 0 Å². The summed E-state index contributed by atoms with van der Waals surface area (Å²) in [7, 11) is 0. The van der Waals surface area contributed by atoms with Crippen LogP contribution in [0.3, 0.4) is 0 Å². The second-order valence-corrected chi connectivity index (χ2v) is 5.27. The molecule has 93 valence electrons. The minimum Gasteiger partial charge on any atom is -0.490 e. The van der Waals surface area contributed by atoms with Gasteiger partial charge in [0.05, 0.1) is 6.61 Å². The molecule has 3 nitrogen and oxygen atoms in total. The maximum atomic E-state index is 13.9. The van der Waals surface area contributed by atoms with Crippen LogP contribution >= 0.6 is 0 Å². The third kappa shape index (κ3) is 2.69. The van der Waals surface area contributed by atoms with Gasteiger partial charge in [0.2, 0.25) is 5.75 Å². The van der Waals surface area contributed by atoms with E-state index in [9.17, 15) is 9.50 Å². The Morgan fingerprint density at radius 3 is 2.65 bits per heavy atom. The van der Waals surface area contributed by atoms with Crippen molar-refractivity contribution in [2.24, 2.45) is 0 Å². The molecule has 1 fully saturated rings. The Morgan fingerprint density at radius 1 is 1.47 bits per heavy atom. The molecule has 2 rings (SSSR count). The Balaban J connectivity index is 2.32. The van der Waals surface area contributed by atoms with E-state index in [0.29, 0.717) is 24.5 Å². The van der Waals surface area contributed by atoms with Gasteiger partial charge in [0.25, 0.3) is 0 Å². The van der Waals surface area contributed by atoms with Crippen molar-refractivity contribution < 1.29 is 19.0 Å². The molecule has 0 spiro atoms. The van der Waals surface area contributed by atoms with E-state index in [1.807, 2.05) is 20.8 Å². The van der Waals surface area contributed by atoms with Crippen LogP contribution < -0.4 is 4.74 Å². The van der Waals surface area contributed by atoms with E-state index in [1.165, 1.54) is 12.1 Å². The molecule has 1 aliphatic rings. The standard InChI is InChI=1S/C13H16FO3/c1-13(2,3)11-10(17-7-8-6-16-8)5-4-9(15)12(11)14/h4-5,8H,6-7H2,1-3H3/t8-/m0/s1. The van der Waals surface area contributed by atoms with Crippen molar-refractivity contribution in [1.82, 2.24) is 0 Å². The molecule has 4 heteroatoms. The van der Waals surface area contributed by atoms with Gasteiger partial charge in [-0.25, -0.2) is 4.39 Å². The lowest BCUT2D eigenvalue weighted by atomic mass is 9.85. The van der Waals surface area contributed by atoms with Crippen molar-refractivity contribution in [2.45, 2.75) is 32.3 Å². The van der Waals surface area contributed by atoms with Gasteiger partial charge < -0.3 is 9.47 Å². The molecule has 0 unspecified atom stereocenters. The van der Waals surface area contributed by atoms with Crippen molar-refractivity contribution in [3.8, 4) is 11.5 Å². The highest BCUT2D eigenvalue weighted by Gasteiger charge is 2.28. The van der Waals surface area contributed by atoms with Crippen LogP contribution in [-0.4, -0.2) is 19.3 Å². The van der Waals surface area contributed by atoms with Crippen LogP contribution in [0.5, 0.6) is 11.5 Å². The zero-order valence-corrected chi connectivity index (χ0v) is 10.2. The van der Waals surface area contributed by atoms with Crippen molar-refractivity contribution in [3.63, 3.8) is 0 Å². The van der Waals surface area contributed by atoms with Gasteiger partial charge in [-0.15, -0.1) is 0 Å². The molecule has 17 heavy (non-hydrogen) atoms. The molecular weight excluding hydrogens is 223 g/mol. The van der Waals surface area contributed by atoms with Gasteiger partial charge in [-0.1, -0.05) is 20.8 Å². The number of epoxide rings is 1. The molecule has 1 aliphatic heterocycles. The third-order valence-electron chi connectivity index (χ3n) is 2.65. The fourth-order valence-electron chi connectivity index (χ4n) is 1.71. The molecule has 1 atom stereocenters. The summed E-state index contributed by atoms with van der Waals surface area (Å²) in [6, 6.07) is 2.74. The number of halogens is 1. The first-order valence-corrected chi connectivity index (χ1v) is 5.64. The van der Waals surface area contributed by atoms with Crippen LogP contribution in [0.15, 0.2) is 12.1 Å². The highest BCUT2D eigenvalue weighted by molar-refractivity contribution is 5.45. The summed E-state index contributed by atoms with van der Waals surface area (Å²) in [5.41, 5.74) is -0.129. The number of rotatable bonds is 3. The van der Waals surface area contributed by atoms with Gasteiger partial charge in [-0.2, -0.15) is 0 Å². The topological polar surface area (TPSA) is 41.7 Å². The molecule has 1 heterocycles. The highest BCUT2D eigenvalue weighted by atomic mass is 19.1.